The van der Waals surface area contributed by atoms with Crippen molar-refractivity contribution in [2.24, 2.45) is 0 Å². The van der Waals surface area contributed by atoms with Gasteiger partial charge in [-0.25, -0.2) is 0 Å². The van der Waals surface area contributed by atoms with E-state index in [1.807, 2.05) is 30.5 Å². The first-order valence-electron chi connectivity index (χ1n) is 5.98. The van der Waals surface area contributed by atoms with E-state index in [4.69, 9.17) is 4.74 Å². The number of pyridine rings is 2. The van der Waals surface area contributed by atoms with Gasteiger partial charge in [0.15, 0.2) is 0 Å². The monoisotopic (exact) mass is 243 g/mol. The van der Waals surface area contributed by atoms with Crippen LogP contribution in [0.25, 0.3) is 0 Å². The van der Waals surface area contributed by atoms with Crippen LogP contribution in [0.3, 0.4) is 0 Å². The lowest BCUT2D eigenvalue weighted by atomic mass is 10.0. The lowest BCUT2D eigenvalue weighted by molar-refractivity contribution is 0.411. The summed E-state index contributed by atoms with van der Waals surface area (Å²) in [7, 11) is 1.64. The van der Waals surface area contributed by atoms with Crippen LogP contribution < -0.4 is 10.1 Å². The van der Waals surface area contributed by atoms with Crippen LogP contribution in [0.4, 0.5) is 0 Å². The van der Waals surface area contributed by atoms with E-state index >= 15 is 0 Å². The van der Waals surface area contributed by atoms with Crippen molar-refractivity contribution in [2.45, 2.75) is 13.0 Å². The Morgan fingerprint density at radius 2 is 2.22 bits per heavy atom. The first kappa shape index (κ1) is 12.5. The summed E-state index contributed by atoms with van der Waals surface area (Å²) in [5, 5.41) is 3.41. The number of nitrogens with zero attached hydrogens (tertiary/aromatic N) is 2. The molecule has 0 amide bonds. The molecule has 1 N–H and O–H groups in total. The molecule has 4 heteroatoms. The first-order valence-corrected chi connectivity index (χ1v) is 5.98. The Morgan fingerprint density at radius 3 is 2.89 bits per heavy atom. The smallest absolute Gasteiger partial charge is 0.137 e. The topological polar surface area (TPSA) is 47.0 Å². The normalized spacial score (nSPS) is 12.1. The number of methoxy groups -OCH3 is 1. The predicted octanol–water partition coefficient (Wildman–Crippen LogP) is 2.18. The van der Waals surface area contributed by atoms with Gasteiger partial charge in [0.1, 0.15) is 5.75 Å². The van der Waals surface area contributed by atoms with Crippen LogP contribution in [-0.2, 0) is 0 Å². The largest absolute Gasteiger partial charge is 0.495 e. The van der Waals surface area contributed by atoms with Crippen LogP contribution in [0.2, 0.25) is 0 Å². The van der Waals surface area contributed by atoms with Crippen LogP contribution in [0.15, 0.2) is 42.9 Å². The second-order valence-corrected chi connectivity index (χ2v) is 3.90. The molecule has 0 bridgehead atoms. The SMILES string of the molecule is CCNC(c1cncc(OC)c1)c1ccccn1. The Hall–Kier alpha value is -1.94. The minimum atomic E-state index is 0.0406. The molecule has 0 aliphatic heterocycles. The molecule has 94 valence electrons. The molecule has 2 rings (SSSR count). The maximum atomic E-state index is 5.21. The van der Waals surface area contributed by atoms with Crippen molar-refractivity contribution in [1.82, 2.24) is 15.3 Å². The van der Waals surface area contributed by atoms with Crippen LogP contribution in [0, 0.1) is 0 Å². The number of hydrogen-bond acceptors (Lipinski definition) is 4. The van der Waals surface area contributed by atoms with E-state index in [-0.39, 0.29) is 6.04 Å². The van der Waals surface area contributed by atoms with Gasteiger partial charge in [0.05, 0.1) is 25.0 Å². The van der Waals surface area contributed by atoms with Crippen molar-refractivity contribution in [2.75, 3.05) is 13.7 Å². The fourth-order valence-corrected chi connectivity index (χ4v) is 1.85. The molecule has 1 atom stereocenters. The summed E-state index contributed by atoms with van der Waals surface area (Å²) in [6.45, 7) is 2.93. The molecule has 0 radical (unpaired) electrons. The zero-order valence-corrected chi connectivity index (χ0v) is 10.6. The Balaban J connectivity index is 2.35. The lowest BCUT2D eigenvalue weighted by Gasteiger charge is -2.17. The zero-order valence-electron chi connectivity index (χ0n) is 10.6. The van der Waals surface area contributed by atoms with Crippen molar-refractivity contribution in [3.8, 4) is 5.75 Å². The molecule has 0 aromatic carbocycles. The highest BCUT2D eigenvalue weighted by atomic mass is 16.5. The van der Waals surface area contributed by atoms with Crippen molar-refractivity contribution in [1.29, 1.82) is 0 Å². The Bertz CT molecular complexity index is 487. The Kier molecular flexibility index (Phi) is 4.25. The van der Waals surface area contributed by atoms with Crippen molar-refractivity contribution in [3.05, 3.63) is 54.1 Å². The van der Waals surface area contributed by atoms with Crippen LogP contribution >= 0.6 is 0 Å². The minimum Gasteiger partial charge on any atom is -0.495 e. The highest BCUT2D eigenvalue weighted by Crippen LogP contribution is 2.22. The third-order valence-corrected chi connectivity index (χ3v) is 2.70. The third-order valence-electron chi connectivity index (χ3n) is 2.70. The number of hydrogen-bond donors (Lipinski definition) is 1. The van der Waals surface area contributed by atoms with Crippen molar-refractivity contribution < 1.29 is 4.74 Å². The molecule has 0 aliphatic carbocycles. The van der Waals surface area contributed by atoms with E-state index in [2.05, 4.69) is 22.2 Å². The molecule has 2 heterocycles. The molecular formula is C14H17N3O. The van der Waals surface area contributed by atoms with E-state index in [0.29, 0.717) is 0 Å². The van der Waals surface area contributed by atoms with Gasteiger partial charge in [-0.05, 0) is 30.3 Å². The molecule has 2 aromatic rings. The Morgan fingerprint density at radius 1 is 1.33 bits per heavy atom. The van der Waals surface area contributed by atoms with Gasteiger partial charge in [-0.15, -0.1) is 0 Å². The van der Waals surface area contributed by atoms with E-state index < -0.39 is 0 Å². The second-order valence-electron chi connectivity index (χ2n) is 3.90. The molecule has 0 fully saturated rings. The number of ether oxygens (including phenoxy) is 1. The van der Waals surface area contributed by atoms with E-state index in [9.17, 15) is 0 Å². The number of rotatable bonds is 5. The average molecular weight is 243 g/mol. The lowest BCUT2D eigenvalue weighted by Crippen LogP contribution is -2.23. The summed E-state index contributed by atoms with van der Waals surface area (Å²) < 4.78 is 5.21. The van der Waals surface area contributed by atoms with E-state index in [1.165, 1.54) is 0 Å². The summed E-state index contributed by atoms with van der Waals surface area (Å²) in [5.74, 6) is 0.756. The first-order chi connectivity index (χ1) is 8.85. The Labute approximate surface area is 107 Å². The molecule has 0 saturated carbocycles. The minimum absolute atomic E-state index is 0.0406. The van der Waals surface area contributed by atoms with E-state index in [0.717, 1.165) is 23.6 Å². The van der Waals surface area contributed by atoms with Crippen molar-refractivity contribution >= 4 is 0 Å². The maximum absolute atomic E-state index is 5.21. The van der Waals surface area contributed by atoms with Crippen molar-refractivity contribution in [3.63, 3.8) is 0 Å². The summed E-state index contributed by atoms with van der Waals surface area (Å²) in [6.07, 6.45) is 5.34. The van der Waals surface area contributed by atoms with Crippen LogP contribution in [-0.4, -0.2) is 23.6 Å². The number of aromatic nitrogens is 2. The summed E-state index contributed by atoms with van der Waals surface area (Å²) >= 11 is 0. The molecule has 0 aliphatic rings. The fourth-order valence-electron chi connectivity index (χ4n) is 1.85. The van der Waals surface area contributed by atoms with E-state index in [1.54, 1.807) is 19.5 Å². The molecule has 1 unspecified atom stereocenters. The third kappa shape index (κ3) is 2.84. The van der Waals surface area contributed by atoms with Gasteiger partial charge in [0.2, 0.25) is 0 Å². The maximum Gasteiger partial charge on any atom is 0.137 e. The molecule has 4 nitrogen and oxygen atoms in total. The molecular weight excluding hydrogens is 226 g/mol. The summed E-state index contributed by atoms with van der Waals surface area (Å²) in [5.41, 5.74) is 2.03. The van der Waals surface area contributed by atoms with Gasteiger partial charge in [-0.2, -0.15) is 0 Å². The van der Waals surface area contributed by atoms with Crippen LogP contribution in [0.5, 0.6) is 5.75 Å². The fraction of sp³-hybridized carbons (Fsp3) is 0.286. The van der Waals surface area contributed by atoms with Crippen LogP contribution in [0.1, 0.15) is 24.2 Å². The molecule has 0 saturated heterocycles. The predicted molar refractivity (Wildman–Crippen MR) is 70.5 cm³/mol. The molecule has 2 aromatic heterocycles. The van der Waals surface area contributed by atoms with Gasteiger partial charge in [-0.1, -0.05) is 13.0 Å². The van der Waals surface area contributed by atoms with Gasteiger partial charge >= 0.3 is 0 Å². The zero-order chi connectivity index (χ0) is 12.8. The van der Waals surface area contributed by atoms with Gasteiger partial charge in [-0.3, -0.25) is 9.97 Å². The highest BCUT2D eigenvalue weighted by molar-refractivity contribution is 5.31. The van der Waals surface area contributed by atoms with Gasteiger partial charge in [0.25, 0.3) is 0 Å². The second kappa shape index (κ2) is 6.12. The summed E-state index contributed by atoms with van der Waals surface area (Å²) in [6, 6.07) is 7.93. The summed E-state index contributed by atoms with van der Waals surface area (Å²) in [4.78, 5) is 8.59. The molecule has 18 heavy (non-hydrogen) atoms. The average Bonchev–Trinajstić information content (AvgIpc) is 2.46. The quantitative estimate of drug-likeness (QED) is 0.874. The van der Waals surface area contributed by atoms with Gasteiger partial charge < -0.3 is 10.1 Å². The van der Waals surface area contributed by atoms with Gasteiger partial charge in [0, 0.05) is 12.4 Å². The molecule has 0 spiro atoms. The highest BCUT2D eigenvalue weighted by Gasteiger charge is 2.14. The number of nitrogens with one attached hydrogen (secondary N) is 1. The standard InChI is InChI=1S/C14H17N3O/c1-3-16-14(13-6-4-5-7-17-13)11-8-12(18-2)10-15-9-11/h4-10,14,16H,3H2,1-2H3.